The third kappa shape index (κ3) is 5.25. The van der Waals surface area contributed by atoms with Crippen molar-refractivity contribution in [3.8, 4) is 0 Å². The van der Waals surface area contributed by atoms with E-state index in [1.165, 1.54) is 24.8 Å². The number of nitrogens with zero attached hydrogens (tertiary/aromatic N) is 3. The molecule has 160 valence electrons. The Kier molecular flexibility index (Phi) is 6.78. The van der Waals surface area contributed by atoms with Crippen LogP contribution in [0.25, 0.3) is 0 Å². The zero-order valence-corrected chi connectivity index (χ0v) is 18.4. The monoisotopic (exact) mass is 406 g/mol. The number of amides is 1. The van der Waals surface area contributed by atoms with Crippen LogP contribution in [0, 0.1) is 13.8 Å². The van der Waals surface area contributed by atoms with E-state index in [0.29, 0.717) is 18.4 Å². The maximum atomic E-state index is 12.6. The first-order valence-corrected chi connectivity index (χ1v) is 11.5. The summed E-state index contributed by atoms with van der Waals surface area (Å²) in [5.74, 6) is 1.42. The summed E-state index contributed by atoms with van der Waals surface area (Å²) in [5, 5.41) is 3.22. The number of carbonyl (C=O) groups excluding carboxylic acids is 1. The average Bonchev–Trinajstić information content (AvgIpc) is 3.20. The molecule has 1 amide bonds. The summed E-state index contributed by atoms with van der Waals surface area (Å²) in [5.41, 5.74) is 4.26. The number of hydrogen-bond donors (Lipinski definition) is 1. The lowest BCUT2D eigenvalue weighted by Crippen LogP contribution is -2.37. The van der Waals surface area contributed by atoms with Gasteiger partial charge in [-0.3, -0.25) is 9.69 Å². The highest BCUT2D eigenvalue weighted by Crippen LogP contribution is 2.27. The third-order valence-corrected chi connectivity index (χ3v) is 6.63. The van der Waals surface area contributed by atoms with E-state index in [4.69, 9.17) is 9.97 Å². The SMILES string of the molecule is Cc1nc([C@H]2CCN(Cc3ccccc3)C2)nc(C)c1CC(=O)NC1CCCCC1. The van der Waals surface area contributed by atoms with E-state index in [1.54, 1.807) is 0 Å². The molecule has 1 atom stereocenters. The van der Waals surface area contributed by atoms with Crippen molar-refractivity contribution in [1.29, 1.82) is 0 Å². The maximum absolute atomic E-state index is 12.6. The van der Waals surface area contributed by atoms with Crippen LogP contribution in [-0.4, -0.2) is 39.9 Å². The molecule has 1 aliphatic heterocycles. The number of aryl methyl sites for hydroxylation is 2. The van der Waals surface area contributed by atoms with Crippen molar-refractivity contribution < 1.29 is 4.79 Å². The number of nitrogens with one attached hydrogen (secondary N) is 1. The minimum absolute atomic E-state index is 0.111. The van der Waals surface area contributed by atoms with Gasteiger partial charge in [0.05, 0.1) is 6.42 Å². The number of aromatic nitrogens is 2. The van der Waals surface area contributed by atoms with Gasteiger partial charge in [0.1, 0.15) is 5.82 Å². The summed E-state index contributed by atoms with van der Waals surface area (Å²) in [6, 6.07) is 11.0. The fourth-order valence-electron chi connectivity index (χ4n) is 4.92. The molecule has 1 aromatic carbocycles. The zero-order valence-electron chi connectivity index (χ0n) is 18.4. The van der Waals surface area contributed by atoms with Gasteiger partial charge in [0, 0.05) is 42.0 Å². The molecule has 2 fully saturated rings. The molecule has 5 heteroatoms. The van der Waals surface area contributed by atoms with E-state index in [0.717, 1.165) is 61.7 Å². The molecule has 1 saturated heterocycles. The number of benzene rings is 1. The molecule has 1 saturated carbocycles. The van der Waals surface area contributed by atoms with Gasteiger partial charge >= 0.3 is 0 Å². The summed E-state index contributed by atoms with van der Waals surface area (Å²) in [4.78, 5) is 24.7. The number of carbonyl (C=O) groups is 1. The number of rotatable bonds is 6. The first kappa shape index (κ1) is 21.0. The normalized spacial score (nSPS) is 20.4. The molecule has 2 aliphatic rings. The summed E-state index contributed by atoms with van der Waals surface area (Å²) >= 11 is 0. The molecular weight excluding hydrogens is 372 g/mol. The molecule has 2 aromatic rings. The van der Waals surface area contributed by atoms with Crippen molar-refractivity contribution in [2.24, 2.45) is 0 Å². The highest BCUT2D eigenvalue weighted by atomic mass is 16.1. The van der Waals surface area contributed by atoms with Crippen LogP contribution in [0.15, 0.2) is 30.3 Å². The van der Waals surface area contributed by atoms with Gasteiger partial charge in [-0.1, -0.05) is 49.6 Å². The molecule has 2 heterocycles. The Hall–Kier alpha value is -2.27. The topological polar surface area (TPSA) is 58.1 Å². The van der Waals surface area contributed by atoms with Crippen molar-refractivity contribution in [1.82, 2.24) is 20.2 Å². The van der Waals surface area contributed by atoms with Crippen LogP contribution in [0.4, 0.5) is 0 Å². The van der Waals surface area contributed by atoms with Gasteiger partial charge in [-0.15, -0.1) is 0 Å². The molecule has 5 nitrogen and oxygen atoms in total. The minimum atomic E-state index is 0.111. The molecule has 4 rings (SSSR count). The van der Waals surface area contributed by atoms with Crippen LogP contribution in [0.2, 0.25) is 0 Å². The van der Waals surface area contributed by atoms with Gasteiger partial charge in [0.15, 0.2) is 0 Å². The molecular formula is C25H34N4O. The lowest BCUT2D eigenvalue weighted by atomic mass is 9.95. The van der Waals surface area contributed by atoms with Crippen LogP contribution >= 0.6 is 0 Å². The molecule has 1 N–H and O–H groups in total. The Morgan fingerprint density at radius 2 is 1.73 bits per heavy atom. The fourth-order valence-corrected chi connectivity index (χ4v) is 4.92. The summed E-state index contributed by atoms with van der Waals surface area (Å²) in [6.45, 7) is 7.10. The molecule has 1 aromatic heterocycles. The number of hydrogen-bond acceptors (Lipinski definition) is 4. The Bertz CT molecular complexity index is 838. The van der Waals surface area contributed by atoms with E-state index < -0.39 is 0 Å². The van der Waals surface area contributed by atoms with Crippen molar-refractivity contribution in [2.45, 2.75) is 77.3 Å². The van der Waals surface area contributed by atoms with E-state index in [2.05, 4.69) is 40.5 Å². The lowest BCUT2D eigenvalue weighted by Gasteiger charge is -2.23. The average molecular weight is 407 g/mol. The molecule has 1 aliphatic carbocycles. The van der Waals surface area contributed by atoms with Crippen LogP contribution in [0.3, 0.4) is 0 Å². The Labute approximate surface area is 180 Å². The van der Waals surface area contributed by atoms with Gasteiger partial charge in [0.2, 0.25) is 5.91 Å². The van der Waals surface area contributed by atoms with Crippen LogP contribution in [0.5, 0.6) is 0 Å². The Morgan fingerprint density at radius 3 is 2.43 bits per heavy atom. The summed E-state index contributed by atoms with van der Waals surface area (Å²) in [6.07, 6.45) is 7.45. The van der Waals surface area contributed by atoms with Crippen molar-refractivity contribution in [2.75, 3.05) is 13.1 Å². The zero-order chi connectivity index (χ0) is 20.9. The summed E-state index contributed by atoms with van der Waals surface area (Å²) in [7, 11) is 0. The smallest absolute Gasteiger partial charge is 0.224 e. The highest BCUT2D eigenvalue weighted by molar-refractivity contribution is 5.79. The quantitative estimate of drug-likeness (QED) is 0.785. The van der Waals surface area contributed by atoms with Crippen molar-refractivity contribution in [3.63, 3.8) is 0 Å². The van der Waals surface area contributed by atoms with Crippen molar-refractivity contribution in [3.05, 3.63) is 58.7 Å². The van der Waals surface area contributed by atoms with Gasteiger partial charge in [-0.05, 0) is 45.2 Å². The van der Waals surface area contributed by atoms with Crippen LogP contribution in [-0.2, 0) is 17.8 Å². The second-order valence-corrected chi connectivity index (χ2v) is 9.02. The molecule has 30 heavy (non-hydrogen) atoms. The van der Waals surface area contributed by atoms with Gasteiger partial charge in [-0.25, -0.2) is 9.97 Å². The molecule has 0 spiro atoms. The van der Waals surface area contributed by atoms with E-state index >= 15 is 0 Å². The second-order valence-electron chi connectivity index (χ2n) is 9.02. The van der Waals surface area contributed by atoms with Gasteiger partial charge < -0.3 is 5.32 Å². The minimum Gasteiger partial charge on any atom is -0.353 e. The second kappa shape index (κ2) is 9.69. The van der Waals surface area contributed by atoms with Crippen molar-refractivity contribution >= 4 is 5.91 Å². The molecule has 0 unspecified atom stereocenters. The van der Waals surface area contributed by atoms with E-state index in [9.17, 15) is 4.79 Å². The summed E-state index contributed by atoms with van der Waals surface area (Å²) < 4.78 is 0. The number of likely N-dealkylation sites (tertiary alicyclic amines) is 1. The Balaban J connectivity index is 1.37. The van der Waals surface area contributed by atoms with Gasteiger partial charge in [0.25, 0.3) is 0 Å². The predicted molar refractivity (Wildman–Crippen MR) is 119 cm³/mol. The standard InChI is InChI=1S/C25H34N4O/c1-18-23(15-24(30)28-22-11-7-4-8-12-22)19(2)27-25(26-18)21-13-14-29(17-21)16-20-9-5-3-6-10-20/h3,5-6,9-10,21-22H,4,7-8,11-17H2,1-2H3,(H,28,30)/t21-/m0/s1. The van der Waals surface area contributed by atoms with E-state index in [-0.39, 0.29) is 5.91 Å². The predicted octanol–water partition coefficient (Wildman–Crippen LogP) is 4.07. The first-order chi connectivity index (χ1) is 14.6. The van der Waals surface area contributed by atoms with E-state index in [1.807, 2.05) is 13.8 Å². The van der Waals surface area contributed by atoms with Crippen LogP contribution in [0.1, 0.15) is 72.8 Å². The Morgan fingerprint density at radius 1 is 1.03 bits per heavy atom. The third-order valence-electron chi connectivity index (χ3n) is 6.63. The van der Waals surface area contributed by atoms with Gasteiger partial charge in [-0.2, -0.15) is 0 Å². The lowest BCUT2D eigenvalue weighted by molar-refractivity contribution is -0.121. The fraction of sp³-hybridized carbons (Fsp3) is 0.560. The maximum Gasteiger partial charge on any atom is 0.224 e. The highest BCUT2D eigenvalue weighted by Gasteiger charge is 2.27. The largest absolute Gasteiger partial charge is 0.353 e. The van der Waals surface area contributed by atoms with Crippen LogP contribution < -0.4 is 5.32 Å². The molecule has 0 radical (unpaired) electrons. The molecule has 0 bridgehead atoms. The first-order valence-electron chi connectivity index (χ1n) is 11.5.